The minimum Gasteiger partial charge on any atom is -0.497 e. The summed E-state index contributed by atoms with van der Waals surface area (Å²) in [7, 11) is 1.63. The smallest absolute Gasteiger partial charge is 0.151 e. The van der Waals surface area contributed by atoms with Crippen LogP contribution in [0, 0.1) is 0 Å². The number of carbonyl (C=O) groups is 1. The predicted molar refractivity (Wildman–Crippen MR) is 74.2 cm³/mol. The van der Waals surface area contributed by atoms with Gasteiger partial charge in [-0.15, -0.1) is 0 Å². The summed E-state index contributed by atoms with van der Waals surface area (Å²) >= 11 is 5.92. The van der Waals surface area contributed by atoms with E-state index in [0.29, 0.717) is 22.9 Å². The monoisotopic (exact) mass is 276 g/mol. The lowest BCUT2D eigenvalue weighted by Gasteiger charge is -2.08. The maximum atomic E-state index is 10.6. The summed E-state index contributed by atoms with van der Waals surface area (Å²) in [5.74, 6) is 1.44. The molecule has 0 aliphatic carbocycles. The average molecular weight is 277 g/mol. The Morgan fingerprint density at radius 2 is 1.79 bits per heavy atom. The number of halogens is 1. The zero-order chi connectivity index (χ0) is 13.7. The second-order valence-electron chi connectivity index (χ2n) is 3.94. The standard InChI is InChI=1S/C15H13ClO3/c1-18-13-5-2-11(3-6-13)10-19-14-7-4-12(9-17)15(16)8-14/h2-9H,10H2,1H3. The van der Waals surface area contributed by atoms with Gasteiger partial charge in [-0.1, -0.05) is 23.7 Å². The lowest BCUT2D eigenvalue weighted by Crippen LogP contribution is -1.96. The third kappa shape index (κ3) is 3.48. The second kappa shape index (κ2) is 6.25. The molecule has 0 N–H and O–H groups in total. The minimum atomic E-state index is 0.391. The summed E-state index contributed by atoms with van der Waals surface area (Å²) in [6.45, 7) is 0.431. The van der Waals surface area contributed by atoms with Gasteiger partial charge in [0.15, 0.2) is 6.29 Å². The van der Waals surface area contributed by atoms with Crippen molar-refractivity contribution in [2.75, 3.05) is 7.11 Å². The van der Waals surface area contributed by atoms with Gasteiger partial charge in [-0.25, -0.2) is 0 Å². The van der Waals surface area contributed by atoms with E-state index in [4.69, 9.17) is 21.1 Å². The molecule has 4 heteroatoms. The van der Waals surface area contributed by atoms with Crippen molar-refractivity contribution in [1.82, 2.24) is 0 Å². The second-order valence-corrected chi connectivity index (χ2v) is 4.35. The molecule has 0 spiro atoms. The summed E-state index contributed by atoms with van der Waals surface area (Å²) in [5.41, 5.74) is 1.48. The molecule has 0 radical (unpaired) electrons. The first-order valence-electron chi connectivity index (χ1n) is 5.73. The van der Waals surface area contributed by atoms with E-state index < -0.39 is 0 Å². The number of methoxy groups -OCH3 is 1. The van der Waals surface area contributed by atoms with E-state index in [1.807, 2.05) is 24.3 Å². The van der Waals surface area contributed by atoms with Crippen LogP contribution >= 0.6 is 11.6 Å². The predicted octanol–water partition coefficient (Wildman–Crippen LogP) is 3.74. The highest BCUT2D eigenvalue weighted by Gasteiger charge is 2.02. The molecule has 0 heterocycles. The fourth-order valence-corrected chi connectivity index (χ4v) is 1.80. The molecule has 0 aliphatic rings. The van der Waals surface area contributed by atoms with Gasteiger partial charge in [0.1, 0.15) is 18.1 Å². The highest BCUT2D eigenvalue weighted by Crippen LogP contribution is 2.22. The molecule has 0 saturated carbocycles. The fraction of sp³-hybridized carbons (Fsp3) is 0.133. The largest absolute Gasteiger partial charge is 0.497 e. The maximum Gasteiger partial charge on any atom is 0.151 e. The number of benzene rings is 2. The van der Waals surface area contributed by atoms with E-state index in [-0.39, 0.29) is 0 Å². The molecule has 0 unspecified atom stereocenters. The minimum absolute atomic E-state index is 0.391. The van der Waals surface area contributed by atoms with Gasteiger partial charge in [0.05, 0.1) is 12.1 Å². The van der Waals surface area contributed by atoms with E-state index >= 15 is 0 Å². The summed E-state index contributed by atoms with van der Waals surface area (Å²) in [6.07, 6.45) is 0.718. The van der Waals surface area contributed by atoms with Crippen molar-refractivity contribution in [3.63, 3.8) is 0 Å². The van der Waals surface area contributed by atoms with E-state index in [0.717, 1.165) is 17.6 Å². The molecule has 2 aromatic rings. The molecule has 0 aliphatic heterocycles. The number of carbonyl (C=O) groups excluding carboxylic acids is 1. The number of hydrogen-bond donors (Lipinski definition) is 0. The SMILES string of the molecule is COc1ccc(COc2ccc(C=O)c(Cl)c2)cc1. The first-order valence-corrected chi connectivity index (χ1v) is 6.11. The molecule has 98 valence electrons. The molecular formula is C15H13ClO3. The Balaban J connectivity index is 2.01. The van der Waals surface area contributed by atoms with E-state index in [2.05, 4.69) is 0 Å². The Hall–Kier alpha value is -2.00. The molecule has 2 aromatic carbocycles. The van der Waals surface area contributed by atoms with Gasteiger partial charge < -0.3 is 9.47 Å². The Kier molecular flexibility index (Phi) is 4.42. The molecule has 19 heavy (non-hydrogen) atoms. The first-order chi connectivity index (χ1) is 9.22. The number of aldehydes is 1. The van der Waals surface area contributed by atoms with Gasteiger partial charge in [0.25, 0.3) is 0 Å². The van der Waals surface area contributed by atoms with E-state index in [1.54, 1.807) is 25.3 Å². The fourth-order valence-electron chi connectivity index (χ4n) is 1.58. The van der Waals surface area contributed by atoms with E-state index in [9.17, 15) is 4.79 Å². The summed E-state index contributed by atoms with van der Waals surface area (Å²) in [4.78, 5) is 10.6. The van der Waals surface area contributed by atoms with Crippen molar-refractivity contribution >= 4 is 17.9 Å². The van der Waals surface area contributed by atoms with Gasteiger partial charge in [-0.3, -0.25) is 4.79 Å². The molecule has 0 atom stereocenters. The van der Waals surface area contributed by atoms with Crippen LogP contribution in [0.25, 0.3) is 0 Å². The van der Waals surface area contributed by atoms with E-state index in [1.165, 1.54) is 0 Å². The van der Waals surface area contributed by atoms with Gasteiger partial charge >= 0.3 is 0 Å². The Morgan fingerprint density at radius 3 is 2.37 bits per heavy atom. The van der Waals surface area contributed by atoms with Gasteiger partial charge in [0, 0.05) is 5.56 Å². The highest BCUT2D eigenvalue weighted by atomic mass is 35.5. The zero-order valence-electron chi connectivity index (χ0n) is 10.4. The molecule has 3 nitrogen and oxygen atoms in total. The van der Waals surface area contributed by atoms with Gasteiger partial charge in [-0.2, -0.15) is 0 Å². The van der Waals surface area contributed by atoms with Crippen LogP contribution < -0.4 is 9.47 Å². The lowest BCUT2D eigenvalue weighted by atomic mass is 10.2. The van der Waals surface area contributed by atoms with Crippen molar-refractivity contribution in [1.29, 1.82) is 0 Å². The molecule has 0 fully saturated rings. The van der Waals surface area contributed by atoms with Crippen LogP contribution in [0.4, 0.5) is 0 Å². The molecule has 0 aromatic heterocycles. The Bertz CT molecular complexity index is 564. The van der Waals surface area contributed by atoms with Crippen molar-refractivity contribution in [2.24, 2.45) is 0 Å². The number of ether oxygens (including phenoxy) is 2. The van der Waals surface area contributed by atoms with Crippen LogP contribution in [0.1, 0.15) is 15.9 Å². The lowest BCUT2D eigenvalue weighted by molar-refractivity contribution is 0.112. The third-order valence-corrected chi connectivity index (χ3v) is 2.99. The van der Waals surface area contributed by atoms with Crippen LogP contribution in [-0.2, 0) is 6.61 Å². The van der Waals surface area contributed by atoms with Gasteiger partial charge in [-0.05, 0) is 35.9 Å². The molecular weight excluding hydrogens is 264 g/mol. The van der Waals surface area contributed by atoms with Crippen molar-refractivity contribution in [2.45, 2.75) is 6.61 Å². The zero-order valence-corrected chi connectivity index (χ0v) is 11.2. The highest BCUT2D eigenvalue weighted by molar-refractivity contribution is 6.33. The summed E-state index contributed by atoms with van der Waals surface area (Å²) in [6, 6.07) is 12.6. The first kappa shape index (κ1) is 13.4. The summed E-state index contributed by atoms with van der Waals surface area (Å²) in [5, 5.41) is 0.391. The number of hydrogen-bond acceptors (Lipinski definition) is 3. The Labute approximate surface area is 116 Å². The molecule has 0 amide bonds. The van der Waals surface area contributed by atoms with Crippen molar-refractivity contribution in [3.05, 3.63) is 58.6 Å². The average Bonchev–Trinajstić information content (AvgIpc) is 2.46. The summed E-state index contributed by atoms with van der Waals surface area (Å²) < 4.78 is 10.7. The third-order valence-electron chi connectivity index (χ3n) is 2.66. The maximum absolute atomic E-state index is 10.6. The van der Waals surface area contributed by atoms with Gasteiger partial charge in [0.2, 0.25) is 0 Å². The van der Waals surface area contributed by atoms with Crippen molar-refractivity contribution < 1.29 is 14.3 Å². The molecule has 0 saturated heterocycles. The quantitative estimate of drug-likeness (QED) is 0.781. The van der Waals surface area contributed by atoms with Crippen molar-refractivity contribution in [3.8, 4) is 11.5 Å². The Morgan fingerprint density at radius 1 is 1.11 bits per heavy atom. The normalized spacial score (nSPS) is 10.0. The van der Waals surface area contributed by atoms with Crippen LogP contribution in [-0.4, -0.2) is 13.4 Å². The van der Waals surface area contributed by atoms with Crippen LogP contribution in [0.5, 0.6) is 11.5 Å². The molecule has 2 rings (SSSR count). The topological polar surface area (TPSA) is 35.5 Å². The van der Waals surface area contributed by atoms with Crippen LogP contribution in [0.15, 0.2) is 42.5 Å². The number of rotatable bonds is 5. The molecule has 0 bridgehead atoms. The van der Waals surface area contributed by atoms with Crippen LogP contribution in [0.3, 0.4) is 0 Å². The van der Waals surface area contributed by atoms with Crippen LogP contribution in [0.2, 0.25) is 5.02 Å².